The van der Waals surface area contributed by atoms with E-state index >= 15 is 0 Å². The molecule has 0 bridgehead atoms. The van der Waals surface area contributed by atoms with Gasteiger partial charge in [-0.15, -0.1) is 0 Å². The molecule has 0 spiro atoms. The van der Waals surface area contributed by atoms with E-state index in [1.165, 1.54) is 18.2 Å². The van der Waals surface area contributed by atoms with Gasteiger partial charge in [0.2, 0.25) is 11.7 Å². The lowest BCUT2D eigenvalue weighted by atomic mass is 9.98. The molecular formula is C21H21ClFN3O2. The van der Waals surface area contributed by atoms with E-state index in [0.717, 1.165) is 17.5 Å². The maximum Gasteiger partial charge on any atom is 0.252 e. The molecule has 7 heteroatoms. The molecule has 0 radical (unpaired) electrons. The Morgan fingerprint density at radius 2 is 2.07 bits per heavy atom. The topological polar surface area (TPSA) is 68.0 Å². The number of carbonyl (C=O) groups excluding carboxylic acids is 1. The zero-order chi connectivity index (χ0) is 20.3. The first-order valence-corrected chi connectivity index (χ1v) is 9.43. The molecule has 1 N–H and O–H groups in total. The van der Waals surface area contributed by atoms with Crippen molar-refractivity contribution in [2.45, 2.75) is 33.2 Å². The number of aromatic nitrogens is 2. The zero-order valence-electron chi connectivity index (χ0n) is 15.9. The second-order valence-electron chi connectivity index (χ2n) is 6.77. The van der Waals surface area contributed by atoms with Gasteiger partial charge in [-0.1, -0.05) is 55.2 Å². The fraction of sp³-hybridized carbons (Fsp3) is 0.286. The molecule has 5 nitrogen and oxygen atoms in total. The van der Waals surface area contributed by atoms with Crippen LogP contribution in [0.25, 0.3) is 11.4 Å². The van der Waals surface area contributed by atoms with Crippen LogP contribution in [-0.4, -0.2) is 16.0 Å². The van der Waals surface area contributed by atoms with Crippen LogP contribution in [-0.2, 0) is 0 Å². The van der Waals surface area contributed by atoms with Crippen molar-refractivity contribution in [2.75, 3.05) is 0 Å². The Hall–Kier alpha value is -2.73. The van der Waals surface area contributed by atoms with E-state index in [0.29, 0.717) is 16.7 Å². The fourth-order valence-electron chi connectivity index (χ4n) is 2.75. The van der Waals surface area contributed by atoms with Crippen LogP contribution in [0.4, 0.5) is 4.39 Å². The fourth-order valence-corrected chi connectivity index (χ4v) is 2.93. The van der Waals surface area contributed by atoms with Gasteiger partial charge in [0.1, 0.15) is 11.9 Å². The summed E-state index contributed by atoms with van der Waals surface area (Å²) < 4.78 is 18.9. The largest absolute Gasteiger partial charge is 0.340 e. The lowest BCUT2D eigenvalue weighted by molar-refractivity contribution is 0.0909. The van der Waals surface area contributed by atoms with Crippen LogP contribution in [0.3, 0.4) is 0 Å². The van der Waals surface area contributed by atoms with Gasteiger partial charge in [0.15, 0.2) is 0 Å². The van der Waals surface area contributed by atoms with E-state index in [1.54, 1.807) is 12.1 Å². The first-order valence-electron chi connectivity index (χ1n) is 9.05. The van der Waals surface area contributed by atoms with Gasteiger partial charge in [-0.25, -0.2) is 4.39 Å². The minimum absolute atomic E-state index is 0.0346. The molecule has 3 aromatic rings. The van der Waals surface area contributed by atoms with Crippen molar-refractivity contribution in [3.63, 3.8) is 0 Å². The second-order valence-corrected chi connectivity index (χ2v) is 7.17. The van der Waals surface area contributed by atoms with Crippen molar-refractivity contribution >= 4 is 17.5 Å². The molecule has 0 saturated heterocycles. The molecule has 0 unspecified atom stereocenters. The minimum atomic E-state index is -0.497. The monoisotopic (exact) mass is 401 g/mol. The molecule has 28 heavy (non-hydrogen) atoms. The maximum atomic E-state index is 13.4. The number of nitrogens with zero attached hydrogens (tertiary/aromatic N) is 2. The summed E-state index contributed by atoms with van der Waals surface area (Å²) in [5, 5.41) is 7.53. The number of rotatable bonds is 6. The summed E-state index contributed by atoms with van der Waals surface area (Å²) in [6, 6.07) is 10.5. The average Bonchev–Trinajstić information content (AvgIpc) is 3.17. The highest BCUT2D eigenvalue weighted by Gasteiger charge is 2.27. The Balaban J connectivity index is 1.87. The van der Waals surface area contributed by atoms with Gasteiger partial charge in [0.25, 0.3) is 5.91 Å². The summed E-state index contributed by atoms with van der Waals surface area (Å²) >= 11 is 6.18. The lowest BCUT2D eigenvalue weighted by Gasteiger charge is -2.20. The molecule has 0 aliphatic carbocycles. The third-order valence-corrected chi connectivity index (χ3v) is 5.13. The van der Waals surface area contributed by atoms with Crippen molar-refractivity contribution in [2.24, 2.45) is 5.92 Å². The average molecular weight is 402 g/mol. The van der Waals surface area contributed by atoms with Crippen molar-refractivity contribution in [1.29, 1.82) is 0 Å². The van der Waals surface area contributed by atoms with E-state index in [9.17, 15) is 9.18 Å². The highest BCUT2D eigenvalue weighted by Crippen LogP contribution is 2.28. The Kier molecular flexibility index (Phi) is 6.09. The number of hydrogen-bond acceptors (Lipinski definition) is 4. The van der Waals surface area contributed by atoms with Crippen LogP contribution in [0.5, 0.6) is 0 Å². The molecule has 146 valence electrons. The van der Waals surface area contributed by atoms with Gasteiger partial charge >= 0.3 is 0 Å². The van der Waals surface area contributed by atoms with E-state index in [-0.39, 0.29) is 11.5 Å². The summed E-state index contributed by atoms with van der Waals surface area (Å²) in [4.78, 5) is 17.0. The first-order chi connectivity index (χ1) is 13.4. The first kappa shape index (κ1) is 20.0. The van der Waals surface area contributed by atoms with Gasteiger partial charge in [-0.05, 0) is 42.7 Å². The van der Waals surface area contributed by atoms with Crippen LogP contribution in [0, 0.1) is 18.7 Å². The predicted octanol–water partition coefficient (Wildman–Crippen LogP) is 5.35. The van der Waals surface area contributed by atoms with Crippen molar-refractivity contribution < 1.29 is 13.7 Å². The second kappa shape index (κ2) is 8.52. The van der Waals surface area contributed by atoms with E-state index in [2.05, 4.69) is 15.5 Å². The van der Waals surface area contributed by atoms with Crippen LogP contribution in [0.2, 0.25) is 5.02 Å². The smallest absolute Gasteiger partial charge is 0.252 e. The number of nitrogens with one attached hydrogen (secondary N) is 1. The normalized spacial score (nSPS) is 13.2. The third kappa shape index (κ3) is 4.39. The highest BCUT2D eigenvalue weighted by molar-refractivity contribution is 6.31. The molecule has 0 saturated carbocycles. The van der Waals surface area contributed by atoms with Crippen molar-refractivity contribution in [3.05, 3.63) is 70.3 Å². The van der Waals surface area contributed by atoms with Gasteiger partial charge in [-0.2, -0.15) is 4.98 Å². The highest BCUT2D eigenvalue weighted by atomic mass is 35.5. The number of benzene rings is 2. The Bertz CT molecular complexity index is 989. The summed E-state index contributed by atoms with van der Waals surface area (Å²) in [6.45, 7) is 5.89. The Morgan fingerprint density at radius 1 is 1.29 bits per heavy atom. The molecule has 1 amide bonds. The molecule has 3 rings (SSSR count). The van der Waals surface area contributed by atoms with Gasteiger partial charge in [-0.3, -0.25) is 4.79 Å². The van der Waals surface area contributed by atoms with Gasteiger partial charge in [0, 0.05) is 16.1 Å². The number of aryl methyl sites for hydroxylation is 1. The Morgan fingerprint density at radius 3 is 2.75 bits per heavy atom. The quantitative estimate of drug-likeness (QED) is 0.604. The van der Waals surface area contributed by atoms with E-state index in [1.807, 2.05) is 32.9 Å². The molecule has 2 atom stereocenters. The van der Waals surface area contributed by atoms with E-state index in [4.69, 9.17) is 16.1 Å². The minimum Gasteiger partial charge on any atom is -0.340 e. The Labute approximate surface area is 167 Å². The molecule has 0 aliphatic rings. The van der Waals surface area contributed by atoms with Gasteiger partial charge in [0.05, 0.1) is 0 Å². The standard InChI is InChI=1S/C21H21ClFN3O2/c1-4-12(2)18(24-20(27)15-6-5-7-16(23)10-15)21-25-19(26-28-21)14-9-8-13(3)17(22)11-14/h5-12,18H,4H2,1-3H3,(H,24,27)/t12-,18-/m0/s1. The molecule has 0 fully saturated rings. The third-order valence-electron chi connectivity index (χ3n) is 4.72. The molecular weight excluding hydrogens is 381 g/mol. The van der Waals surface area contributed by atoms with E-state index < -0.39 is 17.8 Å². The summed E-state index contributed by atoms with van der Waals surface area (Å²) in [5.74, 6) is -0.143. The molecule has 1 aromatic heterocycles. The summed E-state index contributed by atoms with van der Waals surface area (Å²) in [6.07, 6.45) is 0.780. The molecule has 2 aromatic carbocycles. The predicted molar refractivity (Wildman–Crippen MR) is 106 cm³/mol. The number of halogens is 2. The molecule has 1 heterocycles. The van der Waals surface area contributed by atoms with Crippen LogP contribution in [0.1, 0.15) is 48.1 Å². The van der Waals surface area contributed by atoms with Crippen molar-refractivity contribution in [3.8, 4) is 11.4 Å². The van der Waals surface area contributed by atoms with Crippen LogP contribution < -0.4 is 5.32 Å². The van der Waals surface area contributed by atoms with Crippen LogP contribution in [0.15, 0.2) is 47.0 Å². The lowest BCUT2D eigenvalue weighted by Crippen LogP contribution is -2.32. The summed E-state index contributed by atoms with van der Waals surface area (Å²) in [5.41, 5.74) is 1.91. The number of carbonyl (C=O) groups is 1. The number of hydrogen-bond donors (Lipinski definition) is 1. The van der Waals surface area contributed by atoms with Crippen LogP contribution >= 0.6 is 11.6 Å². The molecule has 0 aliphatic heterocycles. The SMILES string of the molecule is CC[C@H](C)[C@H](NC(=O)c1cccc(F)c1)c1nc(-c2ccc(C)c(Cl)c2)no1. The summed E-state index contributed by atoms with van der Waals surface area (Å²) in [7, 11) is 0. The maximum absolute atomic E-state index is 13.4. The van der Waals surface area contributed by atoms with Gasteiger partial charge < -0.3 is 9.84 Å². The zero-order valence-corrected chi connectivity index (χ0v) is 16.6. The number of amides is 1. The van der Waals surface area contributed by atoms with Crippen molar-refractivity contribution in [1.82, 2.24) is 15.5 Å².